The molecular formula is C14H13F3N2O3S. The topological polar surface area (TPSA) is 71.5 Å². The molecule has 9 heteroatoms. The number of rotatable bonds is 6. The van der Waals surface area contributed by atoms with Crippen molar-refractivity contribution in [2.45, 2.75) is 12.8 Å². The number of carbonyl (C=O) groups excluding carboxylic acids is 1. The summed E-state index contributed by atoms with van der Waals surface area (Å²) in [6.45, 7) is 0.196. The number of nitrogens with zero attached hydrogens (tertiary/aromatic N) is 1. The van der Waals surface area contributed by atoms with Crippen molar-refractivity contribution in [1.82, 2.24) is 4.98 Å². The van der Waals surface area contributed by atoms with E-state index < -0.39 is 17.6 Å². The minimum absolute atomic E-state index is 0.0379. The lowest BCUT2D eigenvalue weighted by molar-refractivity contribution is -0.137. The average molecular weight is 346 g/mol. The molecule has 0 unspecified atom stereocenters. The largest absolute Gasteiger partial charge is 0.416 e. The monoisotopic (exact) mass is 346 g/mol. The molecule has 1 aromatic heterocycles. The van der Waals surface area contributed by atoms with Gasteiger partial charge >= 0.3 is 6.18 Å². The van der Waals surface area contributed by atoms with Crippen LogP contribution < -0.4 is 5.32 Å². The molecule has 5 nitrogen and oxygen atoms in total. The molecule has 2 N–H and O–H groups in total. The Hall–Kier alpha value is -1.97. The SMILES string of the molecule is O=C(Nc1cccc(C(F)(F)F)c1)c1csc(COCCO)n1. The lowest BCUT2D eigenvalue weighted by Gasteiger charge is -2.09. The zero-order chi connectivity index (χ0) is 16.9. The number of carbonyl (C=O) groups is 1. The third kappa shape index (κ3) is 5.02. The first kappa shape index (κ1) is 17.4. The van der Waals surface area contributed by atoms with Gasteiger partial charge in [-0.05, 0) is 18.2 Å². The molecule has 1 aromatic carbocycles. The molecule has 0 aliphatic carbocycles. The van der Waals surface area contributed by atoms with Crippen LogP contribution in [-0.4, -0.2) is 29.2 Å². The van der Waals surface area contributed by atoms with E-state index in [4.69, 9.17) is 9.84 Å². The van der Waals surface area contributed by atoms with E-state index in [9.17, 15) is 18.0 Å². The van der Waals surface area contributed by atoms with Crippen molar-refractivity contribution in [1.29, 1.82) is 0 Å². The number of aliphatic hydroxyl groups is 1. The summed E-state index contributed by atoms with van der Waals surface area (Å²) in [5.74, 6) is -0.603. The predicted molar refractivity (Wildman–Crippen MR) is 78.3 cm³/mol. The Morgan fingerprint density at radius 3 is 2.87 bits per heavy atom. The van der Waals surface area contributed by atoms with Gasteiger partial charge in [-0.2, -0.15) is 13.2 Å². The Morgan fingerprint density at radius 1 is 1.39 bits per heavy atom. The molecule has 1 amide bonds. The molecule has 0 aliphatic heterocycles. The van der Waals surface area contributed by atoms with Crippen LogP contribution in [0.25, 0.3) is 0 Å². The van der Waals surface area contributed by atoms with E-state index in [1.54, 1.807) is 0 Å². The van der Waals surface area contributed by atoms with E-state index in [2.05, 4.69) is 10.3 Å². The second-order valence-electron chi connectivity index (χ2n) is 4.44. The van der Waals surface area contributed by atoms with Gasteiger partial charge in [0.05, 0.1) is 25.4 Å². The Kier molecular flexibility index (Phi) is 5.69. The van der Waals surface area contributed by atoms with Crippen molar-refractivity contribution in [2.24, 2.45) is 0 Å². The number of alkyl halides is 3. The summed E-state index contributed by atoms with van der Waals surface area (Å²) < 4.78 is 42.9. The zero-order valence-corrected chi connectivity index (χ0v) is 12.6. The van der Waals surface area contributed by atoms with E-state index in [1.165, 1.54) is 28.8 Å². The van der Waals surface area contributed by atoms with E-state index in [1.807, 2.05) is 0 Å². The van der Waals surface area contributed by atoms with Crippen molar-refractivity contribution in [3.05, 3.63) is 45.9 Å². The van der Waals surface area contributed by atoms with Crippen LogP contribution in [0.3, 0.4) is 0 Å². The molecule has 0 radical (unpaired) electrons. The molecular weight excluding hydrogens is 333 g/mol. The van der Waals surface area contributed by atoms with Gasteiger partial charge in [0.1, 0.15) is 10.7 Å². The normalized spacial score (nSPS) is 11.5. The van der Waals surface area contributed by atoms with Crippen molar-refractivity contribution in [2.75, 3.05) is 18.5 Å². The Morgan fingerprint density at radius 2 is 2.17 bits per heavy atom. The number of aliphatic hydroxyl groups excluding tert-OH is 1. The molecule has 1 heterocycles. The highest BCUT2D eigenvalue weighted by molar-refractivity contribution is 7.09. The Labute approximate surface area is 133 Å². The molecule has 0 saturated carbocycles. The van der Waals surface area contributed by atoms with Crippen molar-refractivity contribution < 1.29 is 27.8 Å². The van der Waals surface area contributed by atoms with Gasteiger partial charge in [0.25, 0.3) is 5.91 Å². The van der Waals surface area contributed by atoms with Crippen LogP contribution in [0.4, 0.5) is 18.9 Å². The number of anilines is 1. The average Bonchev–Trinajstić information content (AvgIpc) is 2.96. The minimum atomic E-state index is -4.47. The smallest absolute Gasteiger partial charge is 0.394 e. The van der Waals surface area contributed by atoms with Gasteiger partial charge < -0.3 is 15.2 Å². The first-order valence-electron chi connectivity index (χ1n) is 6.52. The number of aromatic nitrogens is 1. The van der Waals surface area contributed by atoms with Crippen molar-refractivity contribution in [3.63, 3.8) is 0 Å². The maximum absolute atomic E-state index is 12.6. The number of nitrogens with one attached hydrogen (secondary N) is 1. The number of amides is 1. The predicted octanol–water partition coefficient (Wildman–Crippen LogP) is 2.92. The fourth-order valence-corrected chi connectivity index (χ4v) is 2.38. The summed E-state index contributed by atoms with van der Waals surface area (Å²) in [5, 5.41) is 13.0. The van der Waals surface area contributed by atoms with Crippen molar-refractivity contribution >= 4 is 22.9 Å². The van der Waals surface area contributed by atoms with Crippen LogP contribution >= 0.6 is 11.3 Å². The fourth-order valence-electron chi connectivity index (χ4n) is 1.67. The summed E-state index contributed by atoms with van der Waals surface area (Å²) in [6, 6.07) is 4.36. The van der Waals surface area contributed by atoms with Gasteiger partial charge in [0.15, 0.2) is 0 Å². The summed E-state index contributed by atoms with van der Waals surface area (Å²) in [7, 11) is 0. The number of hydrogen-bond acceptors (Lipinski definition) is 5. The number of halogens is 3. The van der Waals surface area contributed by atoms with Crippen LogP contribution in [0, 0.1) is 0 Å². The first-order chi connectivity index (χ1) is 10.9. The molecule has 124 valence electrons. The first-order valence-corrected chi connectivity index (χ1v) is 7.39. The molecule has 23 heavy (non-hydrogen) atoms. The van der Waals surface area contributed by atoms with Crippen LogP contribution in [0.5, 0.6) is 0 Å². The highest BCUT2D eigenvalue weighted by atomic mass is 32.1. The third-order valence-corrected chi connectivity index (χ3v) is 3.52. The van der Waals surface area contributed by atoms with Gasteiger partial charge in [0.2, 0.25) is 0 Å². The van der Waals surface area contributed by atoms with Crippen molar-refractivity contribution in [3.8, 4) is 0 Å². The second-order valence-corrected chi connectivity index (χ2v) is 5.38. The molecule has 0 atom stereocenters. The minimum Gasteiger partial charge on any atom is -0.394 e. The van der Waals surface area contributed by atoms with E-state index in [0.29, 0.717) is 5.01 Å². The van der Waals surface area contributed by atoms with Gasteiger partial charge in [0, 0.05) is 11.1 Å². The molecule has 0 spiro atoms. The maximum atomic E-state index is 12.6. The summed E-state index contributed by atoms with van der Waals surface area (Å²) in [5.41, 5.74) is -0.711. The number of hydrogen-bond donors (Lipinski definition) is 2. The molecule has 0 bridgehead atoms. The molecule has 0 fully saturated rings. The zero-order valence-electron chi connectivity index (χ0n) is 11.8. The van der Waals surface area contributed by atoms with Gasteiger partial charge in [-0.15, -0.1) is 11.3 Å². The lowest BCUT2D eigenvalue weighted by Crippen LogP contribution is -2.13. The van der Waals surface area contributed by atoms with E-state index >= 15 is 0 Å². The van der Waals surface area contributed by atoms with Crippen LogP contribution in [-0.2, 0) is 17.5 Å². The van der Waals surface area contributed by atoms with Crippen LogP contribution in [0.15, 0.2) is 29.6 Å². The summed E-state index contributed by atoms with van der Waals surface area (Å²) in [4.78, 5) is 16.0. The van der Waals surface area contributed by atoms with E-state index in [-0.39, 0.29) is 31.2 Å². The number of thiazole rings is 1. The highest BCUT2D eigenvalue weighted by Crippen LogP contribution is 2.30. The molecule has 2 aromatic rings. The number of benzene rings is 1. The Bertz CT molecular complexity index is 673. The van der Waals surface area contributed by atoms with Crippen LogP contribution in [0.1, 0.15) is 21.1 Å². The quantitative estimate of drug-likeness (QED) is 0.789. The lowest BCUT2D eigenvalue weighted by atomic mass is 10.2. The highest BCUT2D eigenvalue weighted by Gasteiger charge is 2.30. The van der Waals surface area contributed by atoms with Gasteiger partial charge in [-0.3, -0.25) is 4.79 Å². The summed E-state index contributed by atoms with van der Waals surface area (Å²) >= 11 is 1.19. The molecule has 0 aliphatic rings. The molecule has 0 saturated heterocycles. The maximum Gasteiger partial charge on any atom is 0.416 e. The third-order valence-electron chi connectivity index (χ3n) is 2.69. The summed E-state index contributed by atoms with van der Waals surface area (Å²) in [6.07, 6.45) is -4.47. The van der Waals surface area contributed by atoms with Gasteiger partial charge in [-0.25, -0.2) is 4.98 Å². The van der Waals surface area contributed by atoms with Gasteiger partial charge in [-0.1, -0.05) is 6.07 Å². The fraction of sp³-hybridized carbons (Fsp3) is 0.286. The van der Waals surface area contributed by atoms with E-state index in [0.717, 1.165) is 12.1 Å². The van der Waals surface area contributed by atoms with Crippen LogP contribution in [0.2, 0.25) is 0 Å². The molecule has 2 rings (SSSR count). The number of ether oxygens (including phenoxy) is 1. The standard InChI is InChI=1S/C14H13F3N2O3S/c15-14(16,17)9-2-1-3-10(6-9)18-13(21)11-8-23-12(19-11)7-22-5-4-20/h1-3,6,8,20H,4-5,7H2,(H,18,21). The Balaban J connectivity index is 2.02. The second kappa shape index (κ2) is 7.53.